The summed E-state index contributed by atoms with van der Waals surface area (Å²) >= 11 is 0. The van der Waals surface area contributed by atoms with E-state index in [-0.39, 0.29) is 29.7 Å². The molecule has 1 aromatic rings. The number of aromatic carboxylic acids is 1. The molecule has 1 aliphatic carbocycles. The van der Waals surface area contributed by atoms with Gasteiger partial charge in [-0.3, -0.25) is 4.79 Å². The van der Waals surface area contributed by atoms with Crippen LogP contribution in [0.2, 0.25) is 0 Å². The standard InChI is InChI=1S/C13H15N3O4/c17-11(15-8-5-6-8)7-14-13(20)16-10-4-2-1-3-9(10)12(18)19/h1-4,8H,5-7H2,(H,15,17)(H,18,19)(H2,14,16,20). The lowest BCUT2D eigenvalue weighted by atomic mass is 10.2. The summed E-state index contributed by atoms with van der Waals surface area (Å²) in [6, 6.07) is 5.66. The molecule has 7 nitrogen and oxygen atoms in total. The topological polar surface area (TPSA) is 108 Å². The van der Waals surface area contributed by atoms with Crippen LogP contribution in [0.25, 0.3) is 0 Å². The third-order valence-corrected chi connectivity index (χ3v) is 2.76. The number of urea groups is 1. The summed E-state index contributed by atoms with van der Waals surface area (Å²) < 4.78 is 0. The molecule has 106 valence electrons. The number of rotatable bonds is 5. The van der Waals surface area contributed by atoms with Gasteiger partial charge in [0.25, 0.3) is 0 Å². The average Bonchev–Trinajstić information content (AvgIpc) is 3.21. The lowest BCUT2D eigenvalue weighted by Gasteiger charge is -2.09. The number of carbonyl (C=O) groups is 3. The second-order valence-electron chi connectivity index (χ2n) is 4.50. The van der Waals surface area contributed by atoms with Crippen LogP contribution < -0.4 is 16.0 Å². The van der Waals surface area contributed by atoms with E-state index in [1.165, 1.54) is 12.1 Å². The first-order chi connectivity index (χ1) is 9.56. The Labute approximate surface area is 115 Å². The number of carboxylic acids is 1. The predicted molar refractivity (Wildman–Crippen MR) is 71.6 cm³/mol. The average molecular weight is 277 g/mol. The van der Waals surface area contributed by atoms with Crippen LogP contribution in [0.4, 0.5) is 10.5 Å². The van der Waals surface area contributed by atoms with E-state index in [4.69, 9.17) is 5.11 Å². The maximum atomic E-state index is 11.6. The molecule has 1 aliphatic rings. The van der Waals surface area contributed by atoms with Crippen LogP contribution in [0.3, 0.4) is 0 Å². The van der Waals surface area contributed by atoms with Crippen LogP contribution in [0, 0.1) is 0 Å². The van der Waals surface area contributed by atoms with Crippen molar-refractivity contribution in [2.45, 2.75) is 18.9 Å². The molecule has 1 saturated carbocycles. The van der Waals surface area contributed by atoms with Crippen molar-refractivity contribution in [2.24, 2.45) is 0 Å². The van der Waals surface area contributed by atoms with Crippen molar-refractivity contribution in [1.82, 2.24) is 10.6 Å². The maximum Gasteiger partial charge on any atom is 0.337 e. The Hall–Kier alpha value is -2.57. The Bertz CT molecular complexity index is 540. The highest BCUT2D eigenvalue weighted by molar-refractivity contribution is 6.00. The molecule has 2 rings (SSSR count). The van der Waals surface area contributed by atoms with Gasteiger partial charge in [-0.25, -0.2) is 9.59 Å². The van der Waals surface area contributed by atoms with Gasteiger partial charge in [0.05, 0.1) is 17.8 Å². The van der Waals surface area contributed by atoms with Crippen molar-refractivity contribution >= 4 is 23.6 Å². The molecule has 0 aromatic heterocycles. The third kappa shape index (κ3) is 3.98. The summed E-state index contributed by atoms with van der Waals surface area (Å²) in [6.45, 7) is -0.141. The molecule has 20 heavy (non-hydrogen) atoms. The van der Waals surface area contributed by atoms with Gasteiger partial charge in [0, 0.05) is 6.04 Å². The summed E-state index contributed by atoms with van der Waals surface area (Å²) in [5, 5.41) is 16.5. The van der Waals surface area contributed by atoms with Crippen LogP contribution in [-0.2, 0) is 4.79 Å². The van der Waals surface area contributed by atoms with E-state index < -0.39 is 12.0 Å². The number of benzene rings is 1. The summed E-state index contributed by atoms with van der Waals surface area (Å²) in [6.07, 6.45) is 1.95. The minimum absolute atomic E-state index is 0.00918. The van der Waals surface area contributed by atoms with E-state index in [2.05, 4.69) is 16.0 Å². The first-order valence-corrected chi connectivity index (χ1v) is 6.23. The van der Waals surface area contributed by atoms with Gasteiger partial charge in [-0.05, 0) is 25.0 Å². The highest BCUT2D eigenvalue weighted by atomic mass is 16.4. The lowest BCUT2D eigenvalue weighted by Crippen LogP contribution is -2.39. The Morgan fingerprint density at radius 1 is 1.20 bits per heavy atom. The summed E-state index contributed by atoms with van der Waals surface area (Å²) in [5.41, 5.74) is 0.171. The second-order valence-corrected chi connectivity index (χ2v) is 4.50. The molecule has 7 heteroatoms. The molecule has 0 unspecified atom stereocenters. The summed E-state index contributed by atoms with van der Waals surface area (Å²) in [7, 11) is 0. The third-order valence-electron chi connectivity index (χ3n) is 2.76. The lowest BCUT2D eigenvalue weighted by molar-refractivity contribution is -0.120. The fourth-order valence-electron chi connectivity index (χ4n) is 1.61. The minimum Gasteiger partial charge on any atom is -0.478 e. The van der Waals surface area contributed by atoms with Gasteiger partial charge in [0.1, 0.15) is 0 Å². The molecule has 1 aromatic carbocycles. The molecule has 1 fully saturated rings. The van der Waals surface area contributed by atoms with Gasteiger partial charge in [0.15, 0.2) is 0 Å². The fraction of sp³-hybridized carbons (Fsp3) is 0.308. The first kappa shape index (κ1) is 13.9. The number of amides is 3. The van der Waals surface area contributed by atoms with Crippen LogP contribution in [-0.4, -0.2) is 35.6 Å². The van der Waals surface area contributed by atoms with E-state index in [1.54, 1.807) is 12.1 Å². The molecule has 0 spiro atoms. The van der Waals surface area contributed by atoms with Crippen molar-refractivity contribution in [1.29, 1.82) is 0 Å². The zero-order valence-electron chi connectivity index (χ0n) is 10.7. The predicted octanol–water partition coefficient (Wildman–Crippen LogP) is 0.785. The summed E-state index contributed by atoms with van der Waals surface area (Å²) in [5.74, 6) is -1.39. The van der Waals surface area contributed by atoms with E-state index in [0.29, 0.717) is 0 Å². The Balaban J connectivity index is 1.84. The largest absolute Gasteiger partial charge is 0.478 e. The number of carboxylic acid groups (broad SMARTS) is 1. The Morgan fingerprint density at radius 3 is 2.55 bits per heavy atom. The monoisotopic (exact) mass is 277 g/mol. The summed E-state index contributed by atoms with van der Waals surface area (Å²) in [4.78, 5) is 33.9. The van der Waals surface area contributed by atoms with Crippen LogP contribution in [0.15, 0.2) is 24.3 Å². The first-order valence-electron chi connectivity index (χ1n) is 6.23. The van der Waals surface area contributed by atoms with Crippen molar-refractivity contribution in [3.63, 3.8) is 0 Å². The highest BCUT2D eigenvalue weighted by Crippen LogP contribution is 2.18. The molecule has 3 amide bonds. The SMILES string of the molecule is O=C(CNC(=O)Nc1ccccc1C(=O)O)NC1CC1. The van der Waals surface area contributed by atoms with E-state index in [1.807, 2.05) is 0 Å². The van der Waals surface area contributed by atoms with E-state index in [9.17, 15) is 14.4 Å². The van der Waals surface area contributed by atoms with Gasteiger partial charge in [0.2, 0.25) is 5.91 Å². The molecule has 0 aliphatic heterocycles. The molecule has 0 radical (unpaired) electrons. The van der Waals surface area contributed by atoms with Crippen molar-refractivity contribution in [3.8, 4) is 0 Å². The molecule has 0 saturated heterocycles. The number of nitrogens with one attached hydrogen (secondary N) is 3. The Kier molecular flexibility index (Phi) is 4.19. The Morgan fingerprint density at radius 2 is 1.90 bits per heavy atom. The number of carbonyl (C=O) groups excluding carboxylic acids is 2. The molecular formula is C13H15N3O4. The highest BCUT2D eigenvalue weighted by Gasteiger charge is 2.23. The number of hydrogen-bond acceptors (Lipinski definition) is 3. The van der Waals surface area contributed by atoms with Crippen molar-refractivity contribution in [3.05, 3.63) is 29.8 Å². The van der Waals surface area contributed by atoms with Gasteiger partial charge in [-0.1, -0.05) is 12.1 Å². The second kappa shape index (κ2) is 6.05. The number of para-hydroxylation sites is 1. The molecule has 0 atom stereocenters. The van der Waals surface area contributed by atoms with Crippen LogP contribution in [0.1, 0.15) is 23.2 Å². The molecular weight excluding hydrogens is 262 g/mol. The fourth-order valence-corrected chi connectivity index (χ4v) is 1.61. The number of hydrogen-bond donors (Lipinski definition) is 4. The van der Waals surface area contributed by atoms with E-state index >= 15 is 0 Å². The molecule has 0 bridgehead atoms. The molecule has 4 N–H and O–H groups in total. The smallest absolute Gasteiger partial charge is 0.337 e. The molecule has 0 heterocycles. The van der Waals surface area contributed by atoms with Gasteiger partial charge < -0.3 is 21.1 Å². The zero-order valence-corrected chi connectivity index (χ0v) is 10.7. The van der Waals surface area contributed by atoms with Gasteiger partial charge in [-0.15, -0.1) is 0 Å². The van der Waals surface area contributed by atoms with Crippen molar-refractivity contribution < 1.29 is 19.5 Å². The van der Waals surface area contributed by atoms with Gasteiger partial charge >= 0.3 is 12.0 Å². The van der Waals surface area contributed by atoms with Crippen LogP contribution in [0.5, 0.6) is 0 Å². The minimum atomic E-state index is -1.13. The number of anilines is 1. The zero-order chi connectivity index (χ0) is 14.5. The van der Waals surface area contributed by atoms with Gasteiger partial charge in [-0.2, -0.15) is 0 Å². The van der Waals surface area contributed by atoms with E-state index in [0.717, 1.165) is 12.8 Å². The maximum absolute atomic E-state index is 11.6. The van der Waals surface area contributed by atoms with Crippen LogP contribution >= 0.6 is 0 Å². The van der Waals surface area contributed by atoms with Crippen molar-refractivity contribution in [2.75, 3.05) is 11.9 Å². The quantitative estimate of drug-likeness (QED) is 0.638. The normalized spacial score (nSPS) is 13.4.